The molecule has 1 atom stereocenters. The van der Waals surface area contributed by atoms with Crippen LogP contribution < -0.4 is 4.74 Å². The second kappa shape index (κ2) is 6.83. The highest BCUT2D eigenvalue weighted by atomic mass is 16.5. The summed E-state index contributed by atoms with van der Waals surface area (Å²) in [5.74, 6) is 0.936. The van der Waals surface area contributed by atoms with Gasteiger partial charge in [-0.1, -0.05) is 0 Å². The third-order valence-electron chi connectivity index (χ3n) is 6.35. The fraction of sp³-hybridized carbons (Fsp3) is 0.545. The van der Waals surface area contributed by atoms with Crippen molar-refractivity contribution in [1.29, 1.82) is 0 Å². The van der Waals surface area contributed by atoms with Gasteiger partial charge in [-0.15, -0.1) is 0 Å². The van der Waals surface area contributed by atoms with Crippen molar-refractivity contribution in [2.75, 3.05) is 20.2 Å². The summed E-state index contributed by atoms with van der Waals surface area (Å²) in [7, 11) is 1.60. The number of hydrogen-bond acceptors (Lipinski definition) is 4. The standard InChI is InChI=1S/C22H28N2O4/c1-14(2)23-11-5-9-22(21(23)26)10-6-12-24(22)20(25)19-15(3)17-8-7-16(27-4)13-18(17)28-19/h7-8,13-14H,5-6,9-12H2,1-4H3. The zero-order valence-electron chi connectivity index (χ0n) is 17.1. The Bertz CT molecular complexity index is 932. The largest absolute Gasteiger partial charge is 0.497 e. The first-order valence-corrected chi connectivity index (χ1v) is 10.1. The van der Waals surface area contributed by atoms with E-state index >= 15 is 0 Å². The van der Waals surface area contributed by atoms with E-state index in [9.17, 15) is 9.59 Å². The van der Waals surface area contributed by atoms with E-state index in [1.165, 1.54) is 0 Å². The molecular formula is C22H28N2O4. The van der Waals surface area contributed by atoms with Crippen LogP contribution in [0.25, 0.3) is 11.0 Å². The number of likely N-dealkylation sites (tertiary alicyclic amines) is 2. The number of ether oxygens (including phenoxy) is 1. The van der Waals surface area contributed by atoms with E-state index in [1.807, 2.05) is 37.8 Å². The maximum atomic E-state index is 13.5. The Kier molecular flexibility index (Phi) is 4.60. The second-order valence-corrected chi connectivity index (χ2v) is 8.21. The van der Waals surface area contributed by atoms with Gasteiger partial charge in [0, 0.05) is 36.1 Å². The Morgan fingerprint density at radius 2 is 1.93 bits per heavy atom. The van der Waals surface area contributed by atoms with Crippen LogP contribution in [-0.2, 0) is 4.79 Å². The molecule has 0 saturated carbocycles. The van der Waals surface area contributed by atoms with Crippen molar-refractivity contribution in [1.82, 2.24) is 9.80 Å². The maximum absolute atomic E-state index is 13.5. The molecule has 2 saturated heterocycles. The number of carbonyl (C=O) groups is 2. The van der Waals surface area contributed by atoms with Crippen LogP contribution in [0, 0.1) is 6.92 Å². The molecule has 2 amide bonds. The summed E-state index contributed by atoms with van der Waals surface area (Å²) >= 11 is 0. The number of rotatable bonds is 3. The number of piperidine rings is 1. The van der Waals surface area contributed by atoms with Crippen LogP contribution >= 0.6 is 0 Å². The van der Waals surface area contributed by atoms with E-state index in [0.717, 1.165) is 43.2 Å². The molecule has 2 aromatic rings. The molecule has 6 heteroatoms. The fourth-order valence-electron chi connectivity index (χ4n) is 4.83. The highest BCUT2D eigenvalue weighted by Gasteiger charge is 2.53. The van der Waals surface area contributed by atoms with Gasteiger partial charge in [-0.3, -0.25) is 9.59 Å². The normalized spacial score (nSPS) is 22.7. The number of amides is 2. The minimum Gasteiger partial charge on any atom is -0.497 e. The molecule has 28 heavy (non-hydrogen) atoms. The molecule has 4 rings (SSSR count). The molecule has 1 aromatic heterocycles. The number of furan rings is 1. The topological polar surface area (TPSA) is 63.0 Å². The van der Waals surface area contributed by atoms with Crippen LogP contribution in [0.3, 0.4) is 0 Å². The van der Waals surface area contributed by atoms with Crippen LogP contribution in [0.4, 0.5) is 0 Å². The highest BCUT2D eigenvalue weighted by Crippen LogP contribution is 2.41. The van der Waals surface area contributed by atoms with Crippen LogP contribution in [0.1, 0.15) is 55.6 Å². The lowest BCUT2D eigenvalue weighted by Gasteiger charge is -2.45. The molecule has 1 unspecified atom stereocenters. The van der Waals surface area contributed by atoms with Crippen molar-refractivity contribution in [2.45, 2.75) is 58.0 Å². The van der Waals surface area contributed by atoms with Gasteiger partial charge in [0.05, 0.1) is 7.11 Å². The van der Waals surface area contributed by atoms with Gasteiger partial charge in [0.15, 0.2) is 5.76 Å². The first kappa shape index (κ1) is 18.8. The number of hydrogen-bond donors (Lipinski definition) is 0. The van der Waals surface area contributed by atoms with Crippen molar-refractivity contribution in [2.24, 2.45) is 0 Å². The maximum Gasteiger partial charge on any atom is 0.290 e. The number of methoxy groups -OCH3 is 1. The molecule has 3 heterocycles. The third kappa shape index (κ3) is 2.69. The molecule has 2 fully saturated rings. The van der Waals surface area contributed by atoms with Gasteiger partial charge in [-0.2, -0.15) is 0 Å². The summed E-state index contributed by atoms with van der Waals surface area (Å²) in [6.07, 6.45) is 3.22. The Morgan fingerprint density at radius 1 is 1.21 bits per heavy atom. The lowest BCUT2D eigenvalue weighted by Crippen LogP contribution is -2.62. The van der Waals surface area contributed by atoms with E-state index in [1.54, 1.807) is 18.1 Å². The number of carbonyl (C=O) groups excluding carboxylic acids is 2. The summed E-state index contributed by atoms with van der Waals surface area (Å²) in [5.41, 5.74) is 0.726. The second-order valence-electron chi connectivity index (χ2n) is 8.21. The lowest BCUT2D eigenvalue weighted by atomic mass is 9.84. The van der Waals surface area contributed by atoms with Crippen LogP contribution in [-0.4, -0.2) is 53.4 Å². The van der Waals surface area contributed by atoms with E-state index in [4.69, 9.17) is 9.15 Å². The predicted molar refractivity (Wildman–Crippen MR) is 107 cm³/mol. The molecule has 0 radical (unpaired) electrons. The molecule has 0 aliphatic carbocycles. The number of nitrogens with zero attached hydrogens (tertiary/aromatic N) is 2. The third-order valence-corrected chi connectivity index (χ3v) is 6.35. The number of aryl methyl sites for hydroxylation is 1. The molecule has 1 aromatic carbocycles. The van der Waals surface area contributed by atoms with E-state index in [0.29, 0.717) is 23.6 Å². The molecule has 1 spiro atoms. The van der Waals surface area contributed by atoms with Crippen molar-refractivity contribution in [3.63, 3.8) is 0 Å². The average Bonchev–Trinajstić information content (AvgIpc) is 3.25. The average molecular weight is 384 g/mol. The summed E-state index contributed by atoms with van der Waals surface area (Å²) < 4.78 is 11.2. The Morgan fingerprint density at radius 3 is 2.61 bits per heavy atom. The van der Waals surface area contributed by atoms with Crippen molar-refractivity contribution < 1.29 is 18.7 Å². The Hall–Kier alpha value is -2.50. The van der Waals surface area contributed by atoms with Gasteiger partial charge in [-0.05, 0) is 58.6 Å². The molecule has 0 bridgehead atoms. The summed E-state index contributed by atoms with van der Waals surface area (Å²) in [4.78, 5) is 30.6. The van der Waals surface area contributed by atoms with Gasteiger partial charge >= 0.3 is 0 Å². The zero-order valence-corrected chi connectivity index (χ0v) is 17.1. The Labute approximate surface area is 165 Å². The predicted octanol–water partition coefficient (Wildman–Crippen LogP) is 3.76. The number of fused-ring (bicyclic) bond motifs is 1. The zero-order chi connectivity index (χ0) is 20.1. The van der Waals surface area contributed by atoms with Crippen LogP contribution in [0.2, 0.25) is 0 Å². The van der Waals surface area contributed by atoms with Gasteiger partial charge in [0.25, 0.3) is 5.91 Å². The minimum absolute atomic E-state index is 0.0926. The minimum atomic E-state index is -0.720. The molecule has 150 valence electrons. The van der Waals surface area contributed by atoms with Crippen molar-refractivity contribution in [3.05, 3.63) is 29.5 Å². The Balaban J connectivity index is 1.72. The first-order chi connectivity index (χ1) is 13.4. The van der Waals surface area contributed by atoms with E-state index in [2.05, 4.69) is 0 Å². The summed E-state index contributed by atoms with van der Waals surface area (Å²) in [5, 5.41) is 0.899. The van der Waals surface area contributed by atoms with E-state index in [-0.39, 0.29) is 17.9 Å². The summed E-state index contributed by atoms with van der Waals surface area (Å²) in [6, 6.07) is 5.71. The quantitative estimate of drug-likeness (QED) is 0.808. The van der Waals surface area contributed by atoms with Gasteiger partial charge < -0.3 is 19.0 Å². The van der Waals surface area contributed by atoms with Crippen LogP contribution in [0.5, 0.6) is 5.75 Å². The van der Waals surface area contributed by atoms with Gasteiger partial charge in [0.1, 0.15) is 16.9 Å². The summed E-state index contributed by atoms with van der Waals surface area (Å²) in [6.45, 7) is 7.33. The first-order valence-electron chi connectivity index (χ1n) is 10.1. The van der Waals surface area contributed by atoms with Crippen molar-refractivity contribution in [3.8, 4) is 5.75 Å². The monoisotopic (exact) mass is 384 g/mol. The smallest absolute Gasteiger partial charge is 0.290 e. The fourth-order valence-corrected chi connectivity index (χ4v) is 4.83. The van der Waals surface area contributed by atoms with Gasteiger partial charge in [0.2, 0.25) is 5.91 Å². The highest BCUT2D eigenvalue weighted by molar-refractivity contribution is 6.02. The van der Waals surface area contributed by atoms with Gasteiger partial charge in [-0.25, -0.2) is 0 Å². The SMILES string of the molecule is COc1ccc2c(C)c(C(=O)N3CCCC34CCCN(C(C)C)C4=O)oc2c1. The molecule has 2 aliphatic rings. The van der Waals surface area contributed by atoms with Crippen molar-refractivity contribution >= 4 is 22.8 Å². The lowest BCUT2D eigenvalue weighted by molar-refractivity contribution is -0.147. The van der Waals surface area contributed by atoms with E-state index < -0.39 is 5.54 Å². The molecule has 6 nitrogen and oxygen atoms in total. The number of benzene rings is 1. The molecular weight excluding hydrogens is 356 g/mol. The van der Waals surface area contributed by atoms with Crippen LogP contribution in [0.15, 0.2) is 22.6 Å². The molecule has 0 N–H and O–H groups in total. The molecule has 2 aliphatic heterocycles.